The summed E-state index contributed by atoms with van der Waals surface area (Å²) in [6.07, 6.45) is 3.28. The normalized spacial score (nSPS) is 9.77. The van der Waals surface area contributed by atoms with Gasteiger partial charge in [-0.1, -0.05) is 39.5 Å². The first-order chi connectivity index (χ1) is 6.15. The molecule has 0 aliphatic rings. The molecule has 0 unspecified atom stereocenters. The lowest BCUT2D eigenvalue weighted by Crippen LogP contribution is -2.25. The summed E-state index contributed by atoms with van der Waals surface area (Å²) in [6.45, 7) is 16.7. The summed E-state index contributed by atoms with van der Waals surface area (Å²) in [5.74, 6) is 0. The highest BCUT2D eigenvalue weighted by atomic mass is 15.1. The topological polar surface area (TPSA) is 3.24 Å². The molecule has 0 fully saturated rings. The molecule has 0 rings (SSSR count). The average molecular weight is 181 g/mol. The molecule has 0 aromatic heterocycles. The van der Waals surface area contributed by atoms with Crippen LogP contribution >= 0.6 is 0 Å². The Morgan fingerprint density at radius 2 is 1.69 bits per heavy atom. The van der Waals surface area contributed by atoms with E-state index in [4.69, 9.17) is 0 Å². The van der Waals surface area contributed by atoms with Crippen LogP contribution in [0.5, 0.6) is 0 Å². The second kappa shape index (κ2) is 6.76. The highest BCUT2D eigenvalue weighted by molar-refractivity contribution is 5.02. The van der Waals surface area contributed by atoms with Gasteiger partial charge in [0.15, 0.2) is 0 Å². The van der Waals surface area contributed by atoms with Crippen LogP contribution in [0, 0.1) is 0 Å². The van der Waals surface area contributed by atoms with E-state index in [0.717, 1.165) is 25.9 Å². The molecule has 0 heterocycles. The van der Waals surface area contributed by atoms with Gasteiger partial charge >= 0.3 is 0 Å². The Hall–Kier alpha value is -0.720. The van der Waals surface area contributed by atoms with Crippen LogP contribution in [0.15, 0.2) is 24.4 Å². The molecule has 0 aromatic rings. The maximum Gasteiger partial charge on any atom is 0.0383 e. The van der Waals surface area contributed by atoms with Gasteiger partial charge in [-0.3, -0.25) is 0 Å². The van der Waals surface area contributed by atoms with Gasteiger partial charge in [-0.25, -0.2) is 0 Å². The number of hydrogen-bond acceptors (Lipinski definition) is 1. The van der Waals surface area contributed by atoms with Gasteiger partial charge in [0.05, 0.1) is 0 Å². The average Bonchev–Trinajstić information content (AvgIpc) is 2.15. The third kappa shape index (κ3) is 4.76. The molecule has 0 atom stereocenters. The molecule has 0 aliphatic carbocycles. The Morgan fingerprint density at radius 3 is 2.08 bits per heavy atom. The summed E-state index contributed by atoms with van der Waals surface area (Å²) >= 11 is 0. The third-order valence-corrected chi connectivity index (χ3v) is 2.26. The predicted octanol–water partition coefficient (Wildman–Crippen LogP) is 3.59. The lowest BCUT2D eigenvalue weighted by molar-refractivity contribution is 0.361. The van der Waals surface area contributed by atoms with E-state index in [1.165, 1.54) is 17.7 Å². The van der Waals surface area contributed by atoms with Crippen LogP contribution in [-0.4, -0.2) is 18.0 Å². The molecule has 1 nitrogen and oxygen atoms in total. The van der Waals surface area contributed by atoms with E-state index in [1.54, 1.807) is 0 Å². The minimum absolute atomic E-state index is 0.983. The summed E-state index contributed by atoms with van der Waals surface area (Å²) in [5.41, 5.74) is 2.53. The van der Waals surface area contributed by atoms with Gasteiger partial charge in [0.1, 0.15) is 0 Å². The van der Waals surface area contributed by atoms with Crippen LogP contribution in [0.4, 0.5) is 0 Å². The molecule has 1 heteroatoms. The van der Waals surface area contributed by atoms with Crippen molar-refractivity contribution in [2.45, 2.75) is 40.0 Å². The number of hydrogen-bond donors (Lipinski definition) is 0. The molecular weight excluding hydrogens is 158 g/mol. The molecule has 0 bridgehead atoms. The lowest BCUT2D eigenvalue weighted by atomic mass is 10.2. The van der Waals surface area contributed by atoms with Crippen LogP contribution < -0.4 is 0 Å². The SMILES string of the molecule is C=C(CC)CN(CCC)C(=C)CC. The second-order valence-corrected chi connectivity index (χ2v) is 3.44. The number of nitrogens with zero attached hydrogens (tertiary/aromatic N) is 1. The Labute approximate surface area is 83.1 Å². The molecule has 0 aliphatic heterocycles. The summed E-state index contributed by atoms with van der Waals surface area (Å²) in [4.78, 5) is 2.34. The van der Waals surface area contributed by atoms with Crippen molar-refractivity contribution in [2.75, 3.05) is 13.1 Å². The minimum atomic E-state index is 0.983. The first kappa shape index (κ1) is 12.3. The van der Waals surface area contributed by atoms with E-state index in [2.05, 4.69) is 38.8 Å². The van der Waals surface area contributed by atoms with E-state index >= 15 is 0 Å². The zero-order chi connectivity index (χ0) is 10.3. The summed E-state index contributed by atoms with van der Waals surface area (Å²) in [6, 6.07) is 0. The highest BCUT2D eigenvalue weighted by Gasteiger charge is 2.05. The molecule has 13 heavy (non-hydrogen) atoms. The van der Waals surface area contributed by atoms with E-state index < -0.39 is 0 Å². The van der Waals surface area contributed by atoms with Crippen LogP contribution in [0.1, 0.15) is 40.0 Å². The van der Waals surface area contributed by atoms with Gasteiger partial charge in [-0.05, 0) is 19.3 Å². The highest BCUT2D eigenvalue weighted by Crippen LogP contribution is 2.10. The molecule has 0 amide bonds. The quantitative estimate of drug-likeness (QED) is 0.542. The maximum atomic E-state index is 4.06. The Balaban J connectivity index is 4.08. The Morgan fingerprint density at radius 1 is 1.08 bits per heavy atom. The predicted molar refractivity (Wildman–Crippen MR) is 60.7 cm³/mol. The third-order valence-electron chi connectivity index (χ3n) is 2.26. The molecule has 0 spiro atoms. The first-order valence-corrected chi connectivity index (χ1v) is 5.25. The van der Waals surface area contributed by atoms with Crippen molar-refractivity contribution in [3.63, 3.8) is 0 Å². The van der Waals surface area contributed by atoms with Crippen LogP contribution in [0.3, 0.4) is 0 Å². The summed E-state index contributed by atoms with van der Waals surface area (Å²) < 4.78 is 0. The van der Waals surface area contributed by atoms with Crippen LogP contribution in [0.2, 0.25) is 0 Å². The largest absolute Gasteiger partial charge is 0.371 e. The maximum absolute atomic E-state index is 4.06. The fourth-order valence-electron chi connectivity index (χ4n) is 1.22. The van der Waals surface area contributed by atoms with E-state index in [9.17, 15) is 0 Å². The van der Waals surface area contributed by atoms with Crippen molar-refractivity contribution in [1.29, 1.82) is 0 Å². The van der Waals surface area contributed by atoms with Gasteiger partial charge in [-0.15, -0.1) is 0 Å². The second-order valence-electron chi connectivity index (χ2n) is 3.44. The number of rotatable bonds is 7. The van der Waals surface area contributed by atoms with Gasteiger partial charge in [0.25, 0.3) is 0 Å². The minimum Gasteiger partial charge on any atom is -0.371 e. The van der Waals surface area contributed by atoms with Crippen molar-refractivity contribution in [3.05, 3.63) is 24.4 Å². The smallest absolute Gasteiger partial charge is 0.0383 e. The fourth-order valence-corrected chi connectivity index (χ4v) is 1.22. The molecule has 76 valence electrons. The number of allylic oxidation sites excluding steroid dienone is 1. The van der Waals surface area contributed by atoms with E-state index in [0.29, 0.717) is 0 Å². The first-order valence-electron chi connectivity index (χ1n) is 5.25. The van der Waals surface area contributed by atoms with Crippen molar-refractivity contribution in [1.82, 2.24) is 4.90 Å². The Kier molecular flexibility index (Phi) is 6.38. The van der Waals surface area contributed by atoms with E-state index in [-0.39, 0.29) is 0 Å². The molecule has 0 N–H and O–H groups in total. The molecular formula is C12H23N. The molecule has 0 saturated heterocycles. The van der Waals surface area contributed by atoms with Gasteiger partial charge < -0.3 is 4.90 Å². The van der Waals surface area contributed by atoms with E-state index in [1.807, 2.05) is 0 Å². The van der Waals surface area contributed by atoms with Gasteiger partial charge in [0, 0.05) is 18.8 Å². The lowest BCUT2D eigenvalue weighted by Gasteiger charge is -2.26. The summed E-state index contributed by atoms with van der Waals surface area (Å²) in [5, 5.41) is 0. The zero-order valence-corrected chi connectivity index (χ0v) is 9.40. The molecule has 0 aromatic carbocycles. The van der Waals surface area contributed by atoms with Crippen LogP contribution in [0.25, 0.3) is 0 Å². The van der Waals surface area contributed by atoms with Crippen LogP contribution in [-0.2, 0) is 0 Å². The van der Waals surface area contributed by atoms with Gasteiger partial charge in [0.2, 0.25) is 0 Å². The van der Waals surface area contributed by atoms with Crippen molar-refractivity contribution < 1.29 is 0 Å². The van der Waals surface area contributed by atoms with Gasteiger partial charge in [-0.2, -0.15) is 0 Å². The standard InChI is InChI=1S/C12H23N/c1-6-9-13(12(5)8-3)10-11(4)7-2/h4-10H2,1-3H3. The summed E-state index contributed by atoms with van der Waals surface area (Å²) in [7, 11) is 0. The molecule has 0 radical (unpaired) electrons. The zero-order valence-electron chi connectivity index (χ0n) is 9.40. The van der Waals surface area contributed by atoms with Crippen molar-refractivity contribution in [2.24, 2.45) is 0 Å². The Bertz CT molecular complexity index is 170. The van der Waals surface area contributed by atoms with Crippen molar-refractivity contribution >= 4 is 0 Å². The molecule has 0 saturated carbocycles. The fraction of sp³-hybridized carbons (Fsp3) is 0.667. The van der Waals surface area contributed by atoms with Crippen molar-refractivity contribution in [3.8, 4) is 0 Å². The monoisotopic (exact) mass is 181 g/mol.